The van der Waals surface area contributed by atoms with Crippen molar-refractivity contribution in [3.05, 3.63) is 144 Å². The van der Waals surface area contributed by atoms with Gasteiger partial charge in [0.15, 0.2) is 0 Å². The summed E-state index contributed by atoms with van der Waals surface area (Å²) in [5, 5.41) is 2.27. The number of hydrogen-bond donors (Lipinski definition) is 0. The van der Waals surface area contributed by atoms with Crippen LogP contribution in [0.5, 0.6) is 11.5 Å². The molecule has 0 saturated carbocycles. The largest absolute Gasteiger partial charge is 0.487 e. The molecule has 198 valence electrons. The van der Waals surface area contributed by atoms with Crippen molar-refractivity contribution >= 4 is 21.8 Å². The average Bonchev–Trinajstić information content (AvgIpc) is 3.02. The van der Waals surface area contributed by atoms with Crippen molar-refractivity contribution < 1.29 is 9.47 Å². The van der Waals surface area contributed by atoms with Crippen LogP contribution in [0.15, 0.2) is 121 Å². The Bertz CT molecular complexity index is 1620. The van der Waals surface area contributed by atoms with Crippen LogP contribution >= 0.6 is 0 Å². The summed E-state index contributed by atoms with van der Waals surface area (Å²) >= 11 is 0. The molecule has 0 spiro atoms. The zero-order chi connectivity index (χ0) is 27.4. The number of fused-ring (bicyclic) bond motifs is 2. The minimum atomic E-state index is -0.128. The number of pyridine rings is 2. The Morgan fingerprint density at radius 2 is 0.950 bits per heavy atom. The molecule has 0 bridgehead atoms. The van der Waals surface area contributed by atoms with Crippen LogP contribution in [-0.2, 0) is 18.6 Å². The van der Waals surface area contributed by atoms with E-state index < -0.39 is 0 Å². The third kappa shape index (κ3) is 5.39. The second-order valence-corrected chi connectivity index (χ2v) is 10.3. The maximum atomic E-state index is 6.07. The highest BCUT2D eigenvalue weighted by atomic mass is 16.5. The van der Waals surface area contributed by atoms with E-state index in [0.717, 1.165) is 51.1 Å². The van der Waals surface area contributed by atoms with Crippen molar-refractivity contribution in [3.63, 3.8) is 0 Å². The minimum Gasteiger partial charge on any atom is -0.487 e. The highest BCUT2D eigenvalue weighted by molar-refractivity contribution is 5.79. The van der Waals surface area contributed by atoms with Gasteiger partial charge in [0.25, 0.3) is 0 Å². The Morgan fingerprint density at radius 1 is 0.525 bits per heavy atom. The molecule has 4 nitrogen and oxygen atoms in total. The molecule has 6 rings (SSSR count). The summed E-state index contributed by atoms with van der Waals surface area (Å²) in [4.78, 5) is 9.42. The van der Waals surface area contributed by atoms with Gasteiger partial charge in [-0.2, -0.15) is 0 Å². The molecule has 4 aromatic carbocycles. The maximum absolute atomic E-state index is 6.07. The van der Waals surface area contributed by atoms with Gasteiger partial charge in [0.1, 0.15) is 24.7 Å². The van der Waals surface area contributed by atoms with E-state index in [9.17, 15) is 0 Å². The summed E-state index contributed by atoms with van der Waals surface area (Å²) in [7, 11) is 0. The molecule has 0 aliphatic heterocycles. The zero-order valence-corrected chi connectivity index (χ0v) is 22.9. The lowest BCUT2D eigenvalue weighted by atomic mass is 9.74. The van der Waals surface area contributed by atoms with Crippen LogP contribution in [0.25, 0.3) is 21.8 Å². The predicted octanol–water partition coefficient (Wildman–Crippen LogP) is 8.66. The summed E-state index contributed by atoms with van der Waals surface area (Å²) in [5.41, 5.74) is 6.18. The first-order chi connectivity index (χ1) is 19.6. The smallest absolute Gasteiger partial charge is 0.130 e. The van der Waals surface area contributed by atoms with Gasteiger partial charge in [0.05, 0.1) is 22.4 Å². The van der Waals surface area contributed by atoms with E-state index in [4.69, 9.17) is 19.4 Å². The summed E-state index contributed by atoms with van der Waals surface area (Å²) in [5.74, 6) is 1.67. The molecule has 0 radical (unpaired) electrons. The fourth-order valence-electron chi connectivity index (χ4n) is 5.10. The monoisotopic (exact) mass is 524 g/mol. The molecule has 0 saturated heterocycles. The molecule has 0 amide bonds. The molecule has 0 N–H and O–H groups in total. The summed E-state index contributed by atoms with van der Waals surface area (Å²) < 4.78 is 12.1. The molecular weight excluding hydrogens is 492 g/mol. The molecule has 0 atom stereocenters. The third-order valence-electron chi connectivity index (χ3n) is 7.78. The average molecular weight is 525 g/mol. The van der Waals surface area contributed by atoms with Crippen LogP contribution in [-0.4, -0.2) is 9.97 Å². The topological polar surface area (TPSA) is 44.2 Å². The Kier molecular flexibility index (Phi) is 7.15. The Hall–Kier alpha value is -4.70. The number of benzene rings is 4. The van der Waals surface area contributed by atoms with E-state index in [1.807, 2.05) is 48.5 Å². The molecule has 2 heterocycles. The number of rotatable bonds is 9. The van der Waals surface area contributed by atoms with Gasteiger partial charge in [0.2, 0.25) is 0 Å². The molecule has 4 heteroatoms. The molecule has 40 heavy (non-hydrogen) atoms. The van der Waals surface area contributed by atoms with E-state index in [2.05, 4.69) is 86.6 Å². The third-order valence-corrected chi connectivity index (χ3v) is 7.78. The van der Waals surface area contributed by atoms with Crippen LogP contribution < -0.4 is 9.47 Å². The van der Waals surface area contributed by atoms with Gasteiger partial charge in [-0.1, -0.05) is 86.6 Å². The predicted molar refractivity (Wildman–Crippen MR) is 162 cm³/mol. The van der Waals surface area contributed by atoms with Crippen LogP contribution in [0.2, 0.25) is 0 Å². The second kappa shape index (κ2) is 11.2. The lowest BCUT2D eigenvalue weighted by molar-refractivity contribution is 0.301. The lowest BCUT2D eigenvalue weighted by Gasteiger charge is -2.30. The van der Waals surface area contributed by atoms with Gasteiger partial charge in [-0.25, -0.2) is 9.97 Å². The van der Waals surface area contributed by atoms with E-state index in [1.54, 1.807) is 0 Å². The van der Waals surface area contributed by atoms with Crippen molar-refractivity contribution in [2.24, 2.45) is 0 Å². The first-order valence-corrected chi connectivity index (χ1v) is 13.8. The standard InChI is InChI=1S/C36H32N2O2/c1-3-36(2,28-14-20-32(21-15-28)39-24-30-18-12-26-8-4-6-10-34(26)37-30)29-16-22-33(23-17-29)40-25-31-19-13-27-9-5-7-11-35(27)38-31/h4-23H,3,24-25H2,1-2H3. The number of para-hydroxylation sites is 2. The number of ether oxygens (including phenoxy) is 2. The van der Waals surface area contributed by atoms with Crippen molar-refractivity contribution in [2.45, 2.75) is 38.9 Å². The molecule has 0 aliphatic rings. The SMILES string of the molecule is CCC(C)(c1ccc(OCc2ccc3ccccc3n2)cc1)c1ccc(OCc2ccc3ccccc3n2)cc1. The molecule has 6 aromatic rings. The van der Waals surface area contributed by atoms with E-state index in [0.29, 0.717) is 13.2 Å². The van der Waals surface area contributed by atoms with Gasteiger partial charge >= 0.3 is 0 Å². The quantitative estimate of drug-likeness (QED) is 0.190. The van der Waals surface area contributed by atoms with Crippen LogP contribution in [0.3, 0.4) is 0 Å². The van der Waals surface area contributed by atoms with E-state index >= 15 is 0 Å². The van der Waals surface area contributed by atoms with Gasteiger partial charge in [-0.15, -0.1) is 0 Å². The highest BCUT2D eigenvalue weighted by Crippen LogP contribution is 2.37. The molecule has 0 unspecified atom stereocenters. The minimum absolute atomic E-state index is 0.128. The van der Waals surface area contributed by atoms with Crippen LogP contribution in [0.4, 0.5) is 0 Å². The maximum Gasteiger partial charge on any atom is 0.130 e. The molecule has 0 aliphatic carbocycles. The molecule has 2 aromatic heterocycles. The van der Waals surface area contributed by atoms with Gasteiger partial charge in [-0.05, 0) is 66.1 Å². The van der Waals surface area contributed by atoms with Crippen LogP contribution in [0, 0.1) is 0 Å². The van der Waals surface area contributed by atoms with Crippen molar-refractivity contribution in [3.8, 4) is 11.5 Å². The van der Waals surface area contributed by atoms with Crippen LogP contribution in [0.1, 0.15) is 42.8 Å². The molecule has 0 fully saturated rings. The van der Waals surface area contributed by atoms with Crippen molar-refractivity contribution in [2.75, 3.05) is 0 Å². The van der Waals surface area contributed by atoms with E-state index in [1.165, 1.54) is 11.1 Å². The fourth-order valence-corrected chi connectivity index (χ4v) is 5.10. The Balaban J connectivity index is 1.10. The zero-order valence-electron chi connectivity index (χ0n) is 22.9. The van der Waals surface area contributed by atoms with Gasteiger partial charge in [0, 0.05) is 16.2 Å². The number of aromatic nitrogens is 2. The van der Waals surface area contributed by atoms with Crippen molar-refractivity contribution in [1.82, 2.24) is 9.97 Å². The molecular formula is C36H32N2O2. The van der Waals surface area contributed by atoms with Crippen molar-refractivity contribution in [1.29, 1.82) is 0 Å². The second-order valence-electron chi connectivity index (χ2n) is 10.3. The first kappa shape index (κ1) is 25.6. The number of hydrogen-bond acceptors (Lipinski definition) is 4. The lowest BCUT2D eigenvalue weighted by Crippen LogP contribution is -2.22. The Labute approximate surface area is 235 Å². The fraction of sp³-hybridized carbons (Fsp3) is 0.167. The summed E-state index contributed by atoms with van der Waals surface area (Å²) in [6.45, 7) is 5.39. The summed E-state index contributed by atoms with van der Waals surface area (Å²) in [6, 6.07) is 41.4. The highest BCUT2D eigenvalue weighted by Gasteiger charge is 2.27. The van der Waals surface area contributed by atoms with Gasteiger partial charge in [-0.3, -0.25) is 0 Å². The number of nitrogens with zero attached hydrogens (tertiary/aromatic N) is 2. The Morgan fingerprint density at radius 3 is 1.38 bits per heavy atom. The summed E-state index contributed by atoms with van der Waals surface area (Å²) in [6.07, 6.45) is 0.968. The first-order valence-electron chi connectivity index (χ1n) is 13.8. The van der Waals surface area contributed by atoms with Gasteiger partial charge < -0.3 is 9.47 Å². The van der Waals surface area contributed by atoms with E-state index in [-0.39, 0.29) is 5.41 Å². The normalized spacial score (nSPS) is 11.6.